The fourth-order valence-corrected chi connectivity index (χ4v) is 1.05. The number of pyridine rings is 1. The van der Waals surface area contributed by atoms with E-state index >= 15 is 0 Å². The zero-order valence-corrected chi connectivity index (χ0v) is 7.48. The van der Waals surface area contributed by atoms with Crippen molar-refractivity contribution in [3.63, 3.8) is 0 Å². The van der Waals surface area contributed by atoms with Crippen molar-refractivity contribution in [1.82, 2.24) is 4.98 Å². The van der Waals surface area contributed by atoms with Gasteiger partial charge in [0.05, 0.1) is 0 Å². The van der Waals surface area contributed by atoms with Gasteiger partial charge in [0.25, 0.3) is 6.43 Å². The first-order valence-corrected chi connectivity index (χ1v) is 3.84. The molecule has 0 aliphatic rings. The van der Waals surface area contributed by atoms with Crippen LogP contribution in [0.1, 0.15) is 28.2 Å². The third kappa shape index (κ3) is 2.01. The minimum atomic E-state index is -2.71. The third-order valence-corrected chi connectivity index (χ3v) is 1.99. The summed E-state index contributed by atoms with van der Waals surface area (Å²) in [6.07, 6.45) is -2.30. The molecule has 0 unspecified atom stereocenters. The van der Waals surface area contributed by atoms with Gasteiger partial charge in [0.2, 0.25) is 0 Å². The zero-order valence-electron chi connectivity index (χ0n) is 6.72. The largest absolute Gasteiger partial charge is 0.296 e. The Bertz CT molecular complexity index is 341. The minimum absolute atomic E-state index is 0.0391. The molecule has 0 fully saturated rings. The Balaban J connectivity index is 3.30. The molecular weight excluding hydrogens is 200 g/mol. The molecule has 1 heterocycles. The molecule has 0 aromatic carbocycles. The Labute approximate surface area is 78.5 Å². The quantitative estimate of drug-likeness (QED) is 0.695. The molecule has 0 aliphatic heterocycles. The Morgan fingerprint density at radius 3 is 2.69 bits per heavy atom. The van der Waals surface area contributed by atoms with E-state index in [-0.39, 0.29) is 10.7 Å². The molecule has 5 heteroatoms. The molecule has 70 valence electrons. The van der Waals surface area contributed by atoms with Gasteiger partial charge < -0.3 is 0 Å². The number of aromatic nitrogens is 1. The summed E-state index contributed by atoms with van der Waals surface area (Å²) in [5, 5.41) is 0.132. The molecule has 2 nitrogen and oxygen atoms in total. The van der Waals surface area contributed by atoms with Crippen LogP contribution >= 0.6 is 11.6 Å². The fraction of sp³-hybridized carbons (Fsp3) is 0.250. The summed E-state index contributed by atoms with van der Waals surface area (Å²) in [5.41, 5.74) is -0.0958. The van der Waals surface area contributed by atoms with Crippen molar-refractivity contribution < 1.29 is 13.6 Å². The monoisotopic (exact) mass is 205 g/mol. The van der Waals surface area contributed by atoms with Crippen LogP contribution in [0.4, 0.5) is 8.78 Å². The maximum Gasteiger partial charge on any atom is 0.280 e. The van der Waals surface area contributed by atoms with Gasteiger partial charge in [-0.1, -0.05) is 11.6 Å². The molecule has 1 rings (SSSR count). The van der Waals surface area contributed by atoms with Crippen LogP contribution in [0.5, 0.6) is 0 Å². The van der Waals surface area contributed by atoms with Crippen molar-refractivity contribution in [3.8, 4) is 0 Å². The van der Waals surface area contributed by atoms with Gasteiger partial charge in [0.1, 0.15) is 11.4 Å². The van der Waals surface area contributed by atoms with Crippen LogP contribution in [0.15, 0.2) is 6.07 Å². The predicted octanol–water partition coefficient (Wildman–Crippen LogP) is 2.79. The summed E-state index contributed by atoms with van der Waals surface area (Å²) >= 11 is 5.61. The molecule has 1 aromatic rings. The average molecular weight is 206 g/mol. The normalized spacial score (nSPS) is 10.5. The van der Waals surface area contributed by atoms with E-state index < -0.39 is 12.1 Å². The lowest BCUT2D eigenvalue weighted by atomic mass is 10.2. The molecule has 0 bridgehead atoms. The molecule has 0 aliphatic carbocycles. The van der Waals surface area contributed by atoms with Crippen LogP contribution in [-0.2, 0) is 0 Å². The van der Waals surface area contributed by atoms with Gasteiger partial charge in [-0.15, -0.1) is 0 Å². The van der Waals surface area contributed by atoms with E-state index in [1.165, 1.54) is 0 Å². The van der Waals surface area contributed by atoms with Crippen molar-refractivity contribution in [2.45, 2.75) is 13.3 Å². The lowest BCUT2D eigenvalue weighted by Crippen LogP contribution is -1.98. The number of carbonyl (C=O) groups is 1. The van der Waals surface area contributed by atoms with E-state index in [1.807, 2.05) is 0 Å². The number of carbonyl (C=O) groups excluding carboxylic acids is 1. The number of rotatable bonds is 2. The van der Waals surface area contributed by atoms with E-state index in [9.17, 15) is 13.6 Å². The van der Waals surface area contributed by atoms with Crippen LogP contribution in [0.2, 0.25) is 5.02 Å². The molecule has 0 radical (unpaired) electrons. The zero-order chi connectivity index (χ0) is 10.0. The van der Waals surface area contributed by atoms with E-state index in [0.29, 0.717) is 11.8 Å². The van der Waals surface area contributed by atoms with Gasteiger partial charge >= 0.3 is 0 Å². The van der Waals surface area contributed by atoms with E-state index in [0.717, 1.165) is 6.07 Å². The predicted molar refractivity (Wildman–Crippen MR) is 44.3 cm³/mol. The van der Waals surface area contributed by atoms with Crippen molar-refractivity contribution in [2.75, 3.05) is 0 Å². The Kier molecular flexibility index (Phi) is 2.93. The second-order valence-corrected chi connectivity index (χ2v) is 2.86. The lowest BCUT2D eigenvalue weighted by molar-refractivity contribution is 0.111. The SMILES string of the molecule is Cc1c(Cl)cc(C(F)F)nc1C=O. The van der Waals surface area contributed by atoms with Crippen LogP contribution in [0, 0.1) is 6.92 Å². The van der Waals surface area contributed by atoms with Crippen LogP contribution in [0.3, 0.4) is 0 Å². The van der Waals surface area contributed by atoms with Gasteiger partial charge in [-0.3, -0.25) is 4.79 Å². The second kappa shape index (κ2) is 3.79. The molecule has 1 aromatic heterocycles. The van der Waals surface area contributed by atoms with E-state index in [4.69, 9.17) is 11.6 Å². The Hall–Kier alpha value is -1.03. The first kappa shape index (κ1) is 10.1. The number of alkyl halides is 2. The van der Waals surface area contributed by atoms with Gasteiger partial charge in [-0.25, -0.2) is 13.8 Å². The molecular formula is C8H6ClF2NO. The van der Waals surface area contributed by atoms with E-state index in [1.54, 1.807) is 6.92 Å². The summed E-state index contributed by atoms with van der Waals surface area (Å²) in [6.45, 7) is 1.55. The molecule has 0 atom stereocenters. The number of nitrogens with zero attached hydrogens (tertiary/aromatic N) is 1. The average Bonchev–Trinajstić information content (AvgIpc) is 2.09. The third-order valence-electron chi connectivity index (χ3n) is 1.60. The highest BCUT2D eigenvalue weighted by Gasteiger charge is 2.13. The molecule has 0 saturated heterocycles. The fourth-order valence-electron chi connectivity index (χ4n) is 0.842. The molecule has 0 saturated carbocycles. The lowest BCUT2D eigenvalue weighted by Gasteiger charge is -2.04. The first-order chi connectivity index (χ1) is 6.06. The highest BCUT2D eigenvalue weighted by Crippen LogP contribution is 2.23. The topological polar surface area (TPSA) is 30.0 Å². The van der Waals surface area contributed by atoms with Gasteiger partial charge in [-0.05, 0) is 18.6 Å². The maximum absolute atomic E-state index is 12.2. The Morgan fingerprint density at radius 2 is 2.23 bits per heavy atom. The van der Waals surface area contributed by atoms with Crippen LogP contribution in [0.25, 0.3) is 0 Å². The summed E-state index contributed by atoms with van der Waals surface area (Å²) in [4.78, 5) is 13.8. The van der Waals surface area contributed by atoms with Gasteiger partial charge in [0.15, 0.2) is 6.29 Å². The second-order valence-electron chi connectivity index (χ2n) is 2.46. The highest BCUT2D eigenvalue weighted by molar-refractivity contribution is 6.31. The van der Waals surface area contributed by atoms with Crippen LogP contribution < -0.4 is 0 Å². The number of aldehydes is 1. The molecule has 0 amide bonds. The first-order valence-electron chi connectivity index (χ1n) is 3.46. The van der Waals surface area contributed by atoms with E-state index in [2.05, 4.69) is 4.98 Å². The number of hydrogen-bond donors (Lipinski definition) is 0. The Morgan fingerprint density at radius 1 is 1.62 bits per heavy atom. The molecule has 0 spiro atoms. The number of halogens is 3. The van der Waals surface area contributed by atoms with Crippen molar-refractivity contribution in [2.24, 2.45) is 0 Å². The summed E-state index contributed by atoms with van der Waals surface area (Å²) < 4.78 is 24.3. The van der Waals surface area contributed by atoms with Crippen LogP contribution in [-0.4, -0.2) is 11.3 Å². The van der Waals surface area contributed by atoms with Crippen molar-refractivity contribution in [1.29, 1.82) is 0 Å². The van der Waals surface area contributed by atoms with Gasteiger partial charge in [-0.2, -0.15) is 0 Å². The smallest absolute Gasteiger partial charge is 0.280 e. The minimum Gasteiger partial charge on any atom is -0.296 e. The summed E-state index contributed by atoms with van der Waals surface area (Å²) in [5.74, 6) is 0. The van der Waals surface area contributed by atoms with Crippen molar-refractivity contribution in [3.05, 3.63) is 28.0 Å². The summed E-state index contributed by atoms with van der Waals surface area (Å²) in [7, 11) is 0. The highest BCUT2D eigenvalue weighted by atomic mass is 35.5. The molecule has 0 N–H and O–H groups in total. The maximum atomic E-state index is 12.2. The summed E-state index contributed by atoms with van der Waals surface area (Å²) in [6, 6.07) is 1.06. The number of hydrogen-bond acceptors (Lipinski definition) is 2. The standard InChI is InChI=1S/C8H6ClF2NO/c1-4-5(9)2-6(8(10)11)12-7(4)3-13/h2-3,8H,1H3. The van der Waals surface area contributed by atoms with Gasteiger partial charge in [0, 0.05) is 5.02 Å². The molecule has 13 heavy (non-hydrogen) atoms. The van der Waals surface area contributed by atoms with Crippen molar-refractivity contribution >= 4 is 17.9 Å².